The van der Waals surface area contributed by atoms with Crippen LogP contribution >= 0.6 is 23.2 Å². The number of nitrogens with zero attached hydrogens (tertiary/aromatic N) is 1. The lowest BCUT2D eigenvalue weighted by atomic mass is 9.97. The van der Waals surface area contributed by atoms with E-state index in [1.165, 1.54) is 25.9 Å². The second-order valence-electron chi connectivity index (χ2n) is 5.87. The van der Waals surface area contributed by atoms with E-state index in [2.05, 4.69) is 17.1 Å². The summed E-state index contributed by atoms with van der Waals surface area (Å²) in [6, 6.07) is 4.61. The summed E-state index contributed by atoms with van der Waals surface area (Å²) in [7, 11) is 0. The molecule has 0 amide bonds. The zero-order valence-corrected chi connectivity index (χ0v) is 13.9. The number of ether oxygens (including phenoxy) is 1. The van der Waals surface area contributed by atoms with Gasteiger partial charge < -0.3 is 15.0 Å². The Morgan fingerprint density at radius 3 is 2.71 bits per heavy atom. The number of benzene rings is 1. The Bertz CT molecular complexity index is 501. The van der Waals surface area contributed by atoms with Gasteiger partial charge in [-0.2, -0.15) is 0 Å². The molecule has 1 fully saturated rings. The molecule has 0 bridgehead atoms. The Morgan fingerprint density at radius 2 is 2.00 bits per heavy atom. The molecule has 0 saturated carbocycles. The lowest BCUT2D eigenvalue weighted by Gasteiger charge is -2.36. The van der Waals surface area contributed by atoms with Crippen molar-refractivity contribution in [3.8, 4) is 5.75 Å². The molecule has 1 aromatic rings. The minimum atomic E-state index is 0.295. The molecular weight excluding hydrogens is 307 g/mol. The summed E-state index contributed by atoms with van der Waals surface area (Å²) in [4.78, 5) is 2.50. The summed E-state index contributed by atoms with van der Waals surface area (Å²) in [5, 5.41) is 5.08. The number of piperidine rings is 1. The Labute approximate surface area is 136 Å². The fraction of sp³-hybridized carbons (Fsp3) is 0.625. The molecule has 1 saturated heterocycles. The number of likely N-dealkylation sites (tertiary alicyclic amines) is 1. The molecule has 2 aliphatic rings. The van der Waals surface area contributed by atoms with Crippen LogP contribution < -0.4 is 10.1 Å². The van der Waals surface area contributed by atoms with Crippen molar-refractivity contribution in [1.29, 1.82) is 0 Å². The van der Waals surface area contributed by atoms with E-state index >= 15 is 0 Å². The normalized spacial score (nSPS) is 23.7. The van der Waals surface area contributed by atoms with Crippen molar-refractivity contribution in [1.82, 2.24) is 10.2 Å². The number of hydrogen-bond acceptors (Lipinski definition) is 3. The molecule has 2 heterocycles. The molecule has 1 N–H and O–H groups in total. The summed E-state index contributed by atoms with van der Waals surface area (Å²) < 4.78 is 5.72. The van der Waals surface area contributed by atoms with Gasteiger partial charge in [0.15, 0.2) is 0 Å². The highest BCUT2D eigenvalue weighted by Crippen LogP contribution is 2.40. The Morgan fingerprint density at radius 1 is 1.24 bits per heavy atom. The van der Waals surface area contributed by atoms with Crippen LogP contribution in [0.4, 0.5) is 0 Å². The molecule has 1 atom stereocenters. The highest BCUT2D eigenvalue weighted by Gasteiger charge is 2.27. The zero-order chi connectivity index (χ0) is 14.8. The van der Waals surface area contributed by atoms with Crippen molar-refractivity contribution in [3.63, 3.8) is 0 Å². The first-order valence-electron chi connectivity index (χ1n) is 7.77. The van der Waals surface area contributed by atoms with E-state index in [-0.39, 0.29) is 0 Å². The van der Waals surface area contributed by atoms with Crippen LogP contribution in [0.15, 0.2) is 12.1 Å². The first kappa shape index (κ1) is 15.4. The van der Waals surface area contributed by atoms with Crippen molar-refractivity contribution in [3.05, 3.63) is 27.7 Å². The van der Waals surface area contributed by atoms with Crippen molar-refractivity contribution in [2.75, 3.05) is 26.2 Å². The fourth-order valence-corrected chi connectivity index (χ4v) is 3.86. The first-order valence-corrected chi connectivity index (χ1v) is 8.53. The third-order valence-corrected chi connectivity index (χ3v) is 5.04. The molecule has 2 aliphatic heterocycles. The Balaban J connectivity index is 1.71. The standard InChI is InChI=1S/C16H22Cl2N2O/c1-2-20-6-3-12(4-7-20)19-15-5-8-21-16-13(15)9-11(17)10-14(16)18/h9-10,12,15,19H,2-8H2,1H3. The SMILES string of the molecule is CCN1CCC(NC2CCOc3c(Cl)cc(Cl)cc32)CC1. The van der Waals surface area contributed by atoms with E-state index in [0.717, 1.165) is 24.3 Å². The van der Waals surface area contributed by atoms with Crippen molar-refractivity contribution < 1.29 is 4.74 Å². The molecule has 1 unspecified atom stereocenters. The van der Waals surface area contributed by atoms with Crippen LogP contribution in [-0.4, -0.2) is 37.2 Å². The minimum absolute atomic E-state index is 0.295. The third kappa shape index (κ3) is 3.48. The van der Waals surface area contributed by atoms with Crippen molar-refractivity contribution >= 4 is 23.2 Å². The van der Waals surface area contributed by atoms with Crippen LogP contribution in [0.5, 0.6) is 5.75 Å². The van der Waals surface area contributed by atoms with Crippen LogP contribution in [-0.2, 0) is 0 Å². The maximum atomic E-state index is 6.25. The van der Waals surface area contributed by atoms with Gasteiger partial charge in [0.05, 0.1) is 11.6 Å². The summed E-state index contributed by atoms with van der Waals surface area (Å²) in [6.45, 7) is 6.45. The second kappa shape index (κ2) is 6.74. The molecule has 0 aliphatic carbocycles. The van der Waals surface area contributed by atoms with E-state index in [9.17, 15) is 0 Å². The van der Waals surface area contributed by atoms with Gasteiger partial charge in [0.25, 0.3) is 0 Å². The topological polar surface area (TPSA) is 24.5 Å². The lowest BCUT2D eigenvalue weighted by Crippen LogP contribution is -2.44. The number of nitrogens with one attached hydrogen (secondary N) is 1. The second-order valence-corrected chi connectivity index (χ2v) is 6.71. The van der Waals surface area contributed by atoms with Crippen LogP contribution in [0.3, 0.4) is 0 Å². The molecule has 5 heteroatoms. The van der Waals surface area contributed by atoms with Gasteiger partial charge in [-0.25, -0.2) is 0 Å². The summed E-state index contributed by atoms with van der Waals surface area (Å²) >= 11 is 12.4. The van der Waals surface area contributed by atoms with Gasteiger partial charge in [0.2, 0.25) is 0 Å². The van der Waals surface area contributed by atoms with Crippen molar-refractivity contribution in [2.45, 2.75) is 38.3 Å². The van der Waals surface area contributed by atoms with Crippen LogP contribution in [0.2, 0.25) is 10.0 Å². The predicted octanol–water partition coefficient (Wildman–Crippen LogP) is 3.89. The number of hydrogen-bond donors (Lipinski definition) is 1. The number of rotatable bonds is 3. The average Bonchev–Trinajstić information content (AvgIpc) is 2.49. The quantitative estimate of drug-likeness (QED) is 0.910. The van der Waals surface area contributed by atoms with Gasteiger partial charge in [-0.15, -0.1) is 0 Å². The monoisotopic (exact) mass is 328 g/mol. The van der Waals surface area contributed by atoms with Gasteiger partial charge in [0, 0.05) is 29.1 Å². The highest BCUT2D eigenvalue weighted by molar-refractivity contribution is 6.35. The average molecular weight is 329 g/mol. The lowest BCUT2D eigenvalue weighted by molar-refractivity contribution is 0.184. The van der Waals surface area contributed by atoms with E-state index < -0.39 is 0 Å². The molecule has 0 radical (unpaired) electrons. The minimum Gasteiger partial charge on any atom is -0.492 e. The van der Waals surface area contributed by atoms with Gasteiger partial charge in [-0.3, -0.25) is 0 Å². The van der Waals surface area contributed by atoms with E-state index in [4.69, 9.17) is 27.9 Å². The van der Waals surface area contributed by atoms with Crippen LogP contribution in [0, 0.1) is 0 Å². The number of fused-ring (bicyclic) bond motifs is 1. The van der Waals surface area contributed by atoms with Gasteiger partial charge in [-0.05, 0) is 44.6 Å². The fourth-order valence-electron chi connectivity index (χ4n) is 3.30. The van der Waals surface area contributed by atoms with E-state index in [0.29, 0.717) is 28.7 Å². The van der Waals surface area contributed by atoms with Crippen LogP contribution in [0.1, 0.15) is 37.8 Å². The maximum Gasteiger partial charge on any atom is 0.142 e. The molecule has 3 nitrogen and oxygen atoms in total. The summed E-state index contributed by atoms with van der Waals surface area (Å²) in [6.07, 6.45) is 3.38. The smallest absolute Gasteiger partial charge is 0.142 e. The van der Waals surface area contributed by atoms with Gasteiger partial charge >= 0.3 is 0 Å². The van der Waals surface area contributed by atoms with Crippen LogP contribution in [0.25, 0.3) is 0 Å². The van der Waals surface area contributed by atoms with E-state index in [1.54, 1.807) is 6.07 Å². The molecule has 0 aromatic heterocycles. The Hall–Kier alpha value is -0.480. The largest absolute Gasteiger partial charge is 0.492 e. The highest BCUT2D eigenvalue weighted by atomic mass is 35.5. The molecule has 21 heavy (non-hydrogen) atoms. The number of halogens is 2. The Kier molecular flexibility index (Phi) is 4.95. The maximum absolute atomic E-state index is 6.25. The molecule has 1 aromatic carbocycles. The predicted molar refractivity (Wildman–Crippen MR) is 87.6 cm³/mol. The molecule has 3 rings (SSSR count). The molecular formula is C16H22Cl2N2O. The van der Waals surface area contributed by atoms with Gasteiger partial charge in [-0.1, -0.05) is 30.1 Å². The first-order chi connectivity index (χ1) is 10.2. The molecule has 0 spiro atoms. The van der Waals surface area contributed by atoms with E-state index in [1.807, 2.05) is 6.07 Å². The molecule has 116 valence electrons. The van der Waals surface area contributed by atoms with Gasteiger partial charge in [0.1, 0.15) is 5.75 Å². The zero-order valence-electron chi connectivity index (χ0n) is 12.4. The summed E-state index contributed by atoms with van der Waals surface area (Å²) in [5.41, 5.74) is 1.11. The van der Waals surface area contributed by atoms with Crippen molar-refractivity contribution in [2.24, 2.45) is 0 Å². The summed E-state index contributed by atoms with van der Waals surface area (Å²) in [5.74, 6) is 0.802. The third-order valence-electron chi connectivity index (χ3n) is 4.54.